The molecule has 1 atom stereocenters. The molecule has 122 valence electrons. The molecule has 3 rings (SSSR count). The number of amides is 1. The fourth-order valence-corrected chi connectivity index (χ4v) is 3.26. The van der Waals surface area contributed by atoms with E-state index in [1.165, 1.54) is 22.7 Å². The van der Waals surface area contributed by atoms with E-state index in [1.54, 1.807) is 18.2 Å². The molecule has 0 spiro atoms. The average molecular weight is 335 g/mol. The molecule has 1 aliphatic heterocycles. The number of aromatic nitrogens is 2. The van der Waals surface area contributed by atoms with Gasteiger partial charge in [0.2, 0.25) is 11.8 Å². The molecular formula is C16H18FN3O2S. The molecule has 0 bridgehead atoms. The number of halogens is 1. The summed E-state index contributed by atoms with van der Waals surface area (Å²) in [7, 11) is 0. The molecular weight excluding hydrogens is 317 g/mol. The number of thioether (sulfide) groups is 1. The smallest absolute Gasteiger partial charge is 0.277 e. The van der Waals surface area contributed by atoms with Crippen molar-refractivity contribution >= 4 is 23.4 Å². The lowest BCUT2D eigenvalue weighted by atomic mass is 9.97. The summed E-state index contributed by atoms with van der Waals surface area (Å²) in [4.78, 5) is 14.0. The van der Waals surface area contributed by atoms with Gasteiger partial charge in [-0.15, -0.1) is 10.2 Å². The predicted octanol–water partition coefficient (Wildman–Crippen LogP) is 3.40. The number of benzene rings is 1. The molecule has 2 heterocycles. The van der Waals surface area contributed by atoms with Crippen molar-refractivity contribution < 1.29 is 13.6 Å². The number of hydrogen-bond donors (Lipinski definition) is 0. The van der Waals surface area contributed by atoms with E-state index in [2.05, 4.69) is 10.2 Å². The second-order valence-electron chi connectivity index (χ2n) is 6.46. The first-order valence-corrected chi connectivity index (χ1v) is 8.31. The van der Waals surface area contributed by atoms with E-state index in [0.29, 0.717) is 29.8 Å². The molecule has 0 aliphatic carbocycles. The van der Waals surface area contributed by atoms with Gasteiger partial charge in [-0.05, 0) is 18.6 Å². The van der Waals surface area contributed by atoms with Gasteiger partial charge in [0.25, 0.3) is 5.22 Å². The zero-order valence-electron chi connectivity index (χ0n) is 13.2. The van der Waals surface area contributed by atoms with Crippen LogP contribution in [-0.2, 0) is 10.2 Å². The van der Waals surface area contributed by atoms with Crippen LogP contribution in [0.25, 0.3) is 0 Å². The fraction of sp³-hybridized carbons (Fsp3) is 0.438. The van der Waals surface area contributed by atoms with Crippen LogP contribution in [0.5, 0.6) is 0 Å². The number of carbonyl (C=O) groups excluding carboxylic acids is 1. The minimum Gasteiger partial charge on any atom is -0.415 e. The molecule has 1 amide bonds. The molecule has 2 aromatic rings. The lowest BCUT2D eigenvalue weighted by Gasteiger charge is -2.16. The average Bonchev–Trinajstić information content (AvgIpc) is 3.08. The Morgan fingerprint density at radius 1 is 1.30 bits per heavy atom. The molecule has 1 aliphatic rings. The van der Waals surface area contributed by atoms with Crippen LogP contribution in [0.1, 0.15) is 33.1 Å². The van der Waals surface area contributed by atoms with Crippen molar-refractivity contribution in [2.24, 2.45) is 0 Å². The summed E-state index contributed by atoms with van der Waals surface area (Å²) in [5.74, 6) is 0.0197. The first-order chi connectivity index (χ1) is 10.9. The first kappa shape index (κ1) is 16.0. The Balaban J connectivity index is 1.73. The maximum atomic E-state index is 13.9. The van der Waals surface area contributed by atoms with Crippen LogP contribution in [0, 0.1) is 5.82 Å². The fourth-order valence-electron chi connectivity index (χ4n) is 2.36. The van der Waals surface area contributed by atoms with Gasteiger partial charge in [0, 0.05) is 12.0 Å². The zero-order valence-corrected chi connectivity index (χ0v) is 14.1. The third-order valence-electron chi connectivity index (χ3n) is 3.59. The first-order valence-electron chi connectivity index (χ1n) is 7.43. The van der Waals surface area contributed by atoms with Crippen LogP contribution in [0.3, 0.4) is 0 Å². The largest absolute Gasteiger partial charge is 0.415 e. The minimum atomic E-state index is -0.390. The summed E-state index contributed by atoms with van der Waals surface area (Å²) in [6, 6.07) is 6.30. The molecule has 0 saturated carbocycles. The highest BCUT2D eigenvalue weighted by Crippen LogP contribution is 2.34. The van der Waals surface area contributed by atoms with E-state index < -0.39 is 0 Å². The molecule has 1 aromatic heterocycles. The Morgan fingerprint density at radius 3 is 2.70 bits per heavy atom. The molecule has 1 saturated heterocycles. The predicted molar refractivity (Wildman–Crippen MR) is 86.0 cm³/mol. The van der Waals surface area contributed by atoms with Crippen LogP contribution in [0.4, 0.5) is 10.1 Å². The van der Waals surface area contributed by atoms with Gasteiger partial charge in [-0.2, -0.15) is 0 Å². The van der Waals surface area contributed by atoms with Crippen molar-refractivity contribution in [3.05, 3.63) is 36.0 Å². The molecule has 7 heteroatoms. The standard InChI is InChI=1S/C16H18FN3O2S/c1-16(2,3)14-18-19-15(22-14)23-12-8-9-20(13(12)21)11-7-5-4-6-10(11)17/h4-7,12H,8-9H2,1-3H3/t12-/m1/s1. The van der Waals surface area contributed by atoms with Gasteiger partial charge in [0.15, 0.2) is 0 Å². The van der Waals surface area contributed by atoms with Crippen molar-refractivity contribution in [3.8, 4) is 0 Å². The van der Waals surface area contributed by atoms with Gasteiger partial charge >= 0.3 is 0 Å². The van der Waals surface area contributed by atoms with Gasteiger partial charge in [0.1, 0.15) is 5.82 Å². The van der Waals surface area contributed by atoms with E-state index >= 15 is 0 Å². The Bertz CT molecular complexity index is 726. The summed E-state index contributed by atoms with van der Waals surface area (Å²) in [6.07, 6.45) is 0.616. The van der Waals surface area contributed by atoms with Crippen LogP contribution >= 0.6 is 11.8 Å². The summed E-state index contributed by atoms with van der Waals surface area (Å²) in [5, 5.41) is 8.07. The van der Waals surface area contributed by atoms with Crippen molar-refractivity contribution in [3.63, 3.8) is 0 Å². The molecule has 0 unspecified atom stereocenters. The summed E-state index contributed by atoms with van der Waals surface area (Å²) in [5.41, 5.74) is 0.0894. The Hall–Kier alpha value is -1.89. The number of rotatable bonds is 3. The highest BCUT2D eigenvalue weighted by Gasteiger charge is 2.36. The van der Waals surface area contributed by atoms with Gasteiger partial charge in [0.05, 0.1) is 10.9 Å². The lowest BCUT2D eigenvalue weighted by molar-refractivity contribution is -0.116. The maximum Gasteiger partial charge on any atom is 0.277 e. The topological polar surface area (TPSA) is 59.2 Å². The van der Waals surface area contributed by atoms with Crippen LogP contribution in [0.15, 0.2) is 33.9 Å². The molecule has 5 nitrogen and oxygen atoms in total. The number of hydrogen-bond acceptors (Lipinski definition) is 5. The van der Waals surface area contributed by atoms with Crippen molar-refractivity contribution in [2.45, 2.75) is 43.1 Å². The summed E-state index contributed by atoms with van der Waals surface area (Å²) >= 11 is 1.25. The van der Waals surface area contributed by atoms with Gasteiger partial charge in [-0.1, -0.05) is 44.7 Å². The lowest BCUT2D eigenvalue weighted by Crippen LogP contribution is -2.28. The van der Waals surface area contributed by atoms with Crippen LogP contribution in [0.2, 0.25) is 0 Å². The Kier molecular flexibility index (Phi) is 4.14. The molecule has 1 fully saturated rings. The zero-order chi connectivity index (χ0) is 16.6. The Morgan fingerprint density at radius 2 is 2.04 bits per heavy atom. The molecule has 0 radical (unpaired) electrons. The van der Waals surface area contributed by atoms with Gasteiger partial charge in [-0.3, -0.25) is 4.79 Å². The minimum absolute atomic E-state index is 0.129. The molecule has 23 heavy (non-hydrogen) atoms. The van der Waals surface area contributed by atoms with E-state index in [9.17, 15) is 9.18 Å². The monoisotopic (exact) mass is 335 g/mol. The van der Waals surface area contributed by atoms with Crippen molar-refractivity contribution in [1.29, 1.82) is 0 Å². The number of anilines is 1. The van der Waals surface area contributed by atoms with Crippen molar-refractivity contribution in [2.75, 3.05) is 11.4 Å². The summed E-state index contributed by atoms with van der Waals surface area (Å²) < 4.78 is 19.5. The van der Waals surface area contributed by atoms with Crippen molar-refractivity contribution in [1.82, 2.24) is 10.2 Å². The van der Waals surface area contributed by atoms with E-state index in [0.717, 1.165) is 0 Å². The maximum absolute atomic E-state index is 13.9. The second kappa shape index (κ2) is 5.96. The molecule has 1 aromatic carbocycles. The van der Waals surface area contributed by atoms with Crippen LogP contribution < -0.4 is 4.90 Å². The third kappa shape index (κ3) is 3.24. The quantitative estimate of drug-likeness (QED) is 0.860. The SMILES string of the molecule is CC(C)(C)c1nnc(S[C@@H]2CCN(c3ccccc3F)C2=O)o1. The summed E-state index contributed by atoms with van der Waals surface area (Å²) in [6.45, 7) is 6.43. The van der Waals surface area contributed by atoms with E-state index in [1.807, 2.05) is 20.8 Å². The highest BCUT2D eigenvalue weighted by atomic mass is 32.2. The molecule has 0 N–H and O–H groups in total. The van der Waals surface area contributed by atoms with E-state index in [-0.39, 0.29) is 22.4 Å². The Labute approximate surface area is 138 Å². The van der Waals surface area contributed by atoms with Gasteiger partial charge in [-0.25, -0.2) is 4.39 Å². The van der Waals surface area contributed by atoms with Crippen LogP contribution in [-0.4, -0.2) is 27.9 Å². The normalized spacial score (nSPS) is 18.7. The van der Waals surface area contributed by atoms with E-state index in [4.69, 9.17) is 4.42 Å². The third-order valence-corrected chi connectivity index (χ3v) is 4.68. The number of nitrogens with zero attached hydrogens (tertiary/aromatic N) is 3. The second-order valence-corrected chi connectivity index (χ2v) is 7.61. The number of para-hydroxylation sites is 1. The highest BCUT2D eigenvalue weighted by molar-refractivity contribution is 8.00. The van der Waals surface area contributed by atoms with Gasteiger partial charge < -0.3 is 9.32 Å². The number of carbonyl (C=O) groups is 1.